The molecule has 2 rings (SSSR count). The van der Waals surface area contributed by atoms with Crippen molar-refractivity contribution in [2.24, 2.45) is 0 Å². The van der Waals surface area contributed by atoms with Crippen LogP contribution in [0, 0.1) is 5.82 Å². The van der Waals surface area contributed by atoms with Crippen LogP contribution in [-0.4, -0.2) is 31.3 Å². The number of benzene rings is 1. The Bertz CT molecular complexity index is 524. The van der Waals surface area contributed by atoms with Crippen LogP contribution in [0.2, 0.25) is 0 Å². The van der Waals surface area contributed by atoms with Crippen LogP contribution in [0.3, 0.4) is 0 Å². The lowest BCUT2D eigenvalue weighted by molar-refractivity contribution is -0.381. The van der Waals surface area contributed by atoms with E-state index < -0.39 is 40.2 Å². The summed E-state index contributed by atoms with van der Waals surface area (Å²) in [6.07, 6.45) is -1.32. The lowest BCUT2D eigenvalue weighted by atomic mass is 9.99. The highest BCUT2D eigenvalue weighted by atomic mass is 32.2. The van der Waals surface area contributed by atoms with Crippen molar-refractivity contribution < 1.29 is 26.8 Å². The van der Waals surface area contributed by atoms with E-state index in [9.17, 15) is 12.8 Å². The van der Waals surface area contributed by atoms with Crippen LogP contribution in [0.25, 0.3) is 0 Å². The molecular formula is C11H13FO5S. The van der Waals surface area contributed by atoms with Gasteiger partial charge in [-0.3, -0.25) is 4.55 Å². The molecule has 5 nitrogen and oxygen atoms in total. The van der Waals surface area contributed by atoms with Gasteiger partial charge in [0.25, 0.3) is 10.1 Å². The second-order valence-corrected chi connectivity index (χ2v) is 5.58. The lowest BCUT2D eigenvalue weighted by Gasteiger charge is -2.38. The maximum atomic E-state index is 13.6. The SMILES string of the molecule is CC1OC(C(CS(=O)(=O)O)c2ccccc2F)O1. The average molecular weight is 276 g/mol. The van der Waals surface area contributed by atoms with Gasteiger partial charge in [0, 0.05) is 0 Å². The first-order valence-corrected chi connectivity index (χ1v) is 6.98. The normalized spacial score (nSPS) is 25.5. The maximum absolute atomic E-state index is 13.6. The molecule has 0 radical (unpaired) electrons. The molecule has 1 aromatic carbocycles. The summed E-state index contributed by atoms with van der Waals surface area (Å²) >= 11 is 0. The predicted octanol–water partition coefficient (Wildman–Crippen LogP) is 1.52. The van der Waals surface area contributed by atoms with E-state index in [1.165, 1.54) is 18.2 Å². The monoisotopic (exact) mass is 276 g/mol. The average Bonchev–Trinajstić information content (AvgIpc) is 2.22. The van der Waals surface area contributed by atoms with Crippen molar-refractivity contribution >= 4 is 10.1 Å². The molecule has 100 valence electrons. The van der Waals surface area contributed by atoms with Gasteiger partial charge in [-0.25, -0.2) is 4.39 Å². The van der Waals surface area contributed by atoms with Gasteiger partial charge >= 0.3 is 0 Å². The molecule has 1 fully saturated rings. The third kappa shape index (κ3) is 3.05. The molecule has 1 aliphatic heterocycles. The molecule has 18 heavy (non-hydrogen) atoms. The maximum Gasteiger partial charge on any atom is 0.265 e. The Kier molecular flexibility index (Phi) is 3.67. The van der Waals surface area contributed by atoms with Crippen LogP contribution >= 0.6 is 0 Å². The largest absolute Gasteiger partial charge is 0.323 e. The Labute approximate surface area is 104 Å². The van der Waals surface area contributed by atoms with Crippen LogP contribution < -0.4 is 0 Å². The van der Waals surface area contributed by atoms with Crippen molar-refractivity contribution in [1.29, 1.82) is 0 Å². The summed E-state index contributed by atoms with van der Waals surface area (Å²) in [4.78, 5) is 0. The second kappa shape index (κ2) is 4.93. The van der Waals surface area contributed by atoms with E-state index in [-0.39, 0.29) is 5.56 Å². The molecule has 1 aromatic rings. The smallest absolute Gasteiger partial charge is 0.265 e. The number of ether oxygens (including phenoxy) is 2. The number of rotatable bonds is 4. The Morgan fingerprint density at radius 1 is 1.39 bits per heavy atom. The van der Waals surface area contributed by atoms with E-state index in [1.807, 2.05) is 0 Å². The van der Waals surface area contributed by atoms with Gasteiger partial charge in [0.15, 0.2) is 12.6 Å². The minimum Gasteiger partial charge on any atom is -0.323 e. The van der Waals surface area contributed by atoms with Gasteiger partial charge in [0.2, 0.25) is 0 Å². The summed E-state index contributed by atoms with van der Waals surface area (Å²) in [5, 5.41) is 0. The lowest BCUT2D eigenvalue weighted by Crippen LogP contribution is -2.45. The van der Waals surface area contributed by atoms with Gasteiger partial charge in [-0.15, -0.1) is 0 Å². The summed E-state index contributed by atoms with van der Waals surface area (Å²) in [5.74, 6) is -2.10. The van der Waals surface area contributed by atoms with E-state index in [1.54, 1.807) is 13.0 Å². The number of hydrogen-bond acceptors (Lipinski definition) is 4. The van der Waals surface area contributed by atoms with E-state index >= 15 is 0 Å². The van der Waals surface area contributed by atoms with Gasteiger partial charge < -0.3 is 9.47 Å². The van der Waals surface area contributed by atoms with E-state index in [0.717, 1.165) is 0 Å². The Hall–Kier alpha value is -1.02. The summed E-state index contributed by atoms with van der Waals surface area (Å²) < 4.78 is 54.9. The van der Waals surface area contributed by atoms with Crippen LogP contribution in [0.4, 0.5) is 4.39 Å². The molecule has 0 aliphatic carbocycles. The van der Waals surface area contributed by atoms with E-state index in [4.69, 9.17) is 14.0 Å². The molecule has 0 amide bonds. The third-order valence-corrected chi connectivity index (χ3v) is 3.46. The molecule has 0 bridgehead atoms. The fourth-order valence-corrected chi connectivity index (χ4v) is 2.69. The summed E-state index contributed by atoms with van der Waals surface area (Å²) in [6.45, 7) is 1.64. The van der Waals surface area contributed by atoms with Crippen LogP contribution in [0.5, 0.6) is 0 Å². The van der Waals surface area contributed by atoms with E-state index in [2.05, 4.69) is 0 Å². The minimum atomic E-state index is -4.25. The van der Waals surface area contributed by atoms with Crippen molar-refractivity contribution in [3.05, 3.63) is 35.6 Å². The molecule has 1 atom stereocenters. The zero-order chi connectivity index (χ0) is 13.3. The number of halogens is 1. The summed E-state index contributed by atoms with van der Waals surface area (Å²) in [6, 6.07) is 5.74. The topological polar surface area (TPSA) is 72.8 Å². The zero-order valence-electron chi connectivity index (χ0n) is 9.61. The molecule has 1 heterocycles. The van der Waals surface area contributed by atoms with Gasteiger partial charge in [0.05, 0.1) is 11.7 Å². The molecule has 1 saturated heterocycles. The minimum absolute atomic E-state index is 0.145. The first-order chi connectivity index (χ1) is 8.37. The van der Waals surface area contributed by atoms with E-state index in [0.29, 0.717) is 0 Å². The Morgan fingerprint density at radius 3 is 2.50 bits per heavy atom. The van der Waals surface area contributed by atoms with Gasteiger partial charge in [-0.2, -0.15) is 8.42 Å². The molecule has 0 spiro atoms. The molecule has 7 heteroatoms. The molecule has 0 saturated carbocycles. The van der Waals surface area contributed by atoms with Crippen molar-refractivity contribution in [2.45, 2.75) is 25.4 Å². The van der Waals surface area contributed by atoms with Crippen LogP contribution in [0.15, 0.2) is 24.3 Å². The van der Waals surface area contributed by atoms with Crippen LogP contribution in [-0.2, 0) is 19.6 Å². The van der Waals surface area contributed by atoms with Crippen molar-refractivity contribution in [2.75, 3.05) is 5.75 Å². The van der Waals surface area contributed by atoms with Crippen molar-refractivity contribution in [3.63, 3.8) is 0 Å². The molecule has 1 N–H and O–H groups in total. The first-order valence-electron chi connectivity index (χ1n) is 5.37. The van der Waals surface area contributed by atoms with Gasteiger partial charge in [-0.1, -0.05) is 18.2 Å². The fraction of sp³-hybridized carbons (Fsp3) is 0.455. The second-order valence-electron chi connectivity index (χ2n) is 4.08. The predicted molar refractivity (Wildman–Crippen MR) is 61.0 cm³/mol. The highest BCUT2D eigenvalue weighted by Crippen LogP contribution is 2.33. The standard InChI is InChI=1S/C11H13FO5S/c1-7-16-11(17-7)9(6-18(13,14)15)8-4-2-3-5-10(8)12/h2-5,7,9,11H,6H2,1H3,(H,13,14,15). The summed E-state index contributed by atoms with van der Waals surface area (Å²) in [5.41, 5.74) is 0.145. The highest BCUT2D eigenvalue weighted by molar-refractivity contribution is 7.85. The molecule has 1 aliphatic rings. The molecule has 1 unspecified atom stereocenters. The highest BCUT2D eigenvalue weighted by Gasteiger charge is 2.39. The quantitative estimate of drug-likeness (QED) is 0.844. The Morgan fingerprint density at radius 2 is 2.00 bits per heavy atom. The fourth-order valence-electron chi connectivity index (χ4n) is 1.90. The first kappa shape index (κ1) is 13.4. The van der Waals surface area contributed by atoms with Crippen LogP contribution in [0.1, 0.15) is 18.4 Å². The number of hydrogen-bond donors (Lipinski definition) is 1. The van der Waals surface area contributed by atoms with Gasteiger partial charge in [-0.05, 0) is 18.6 Å². The molecule has 0 aromatic heterocycles. The third-order valence-electron chi connectivity index (χ3n) is 2.67. The van der Waals surface area contributed by atoms with Gasteiger partial charge in [0.1, 0.15) is 5.82 Å². The van der Waals surface area contributed by atoms with Crippen molar-refractivity contribution in [1.82, 2.24) is 0 Å². The summed E-state index contributed by atoms with van der Waals surface area (Å²) in [7, 11) is -4.25. The van der Waals surface area contributed by atoms with Crippen molar-refractivity contribution in [3.8, 4) is 0 Å². The Balaban J connectivity index is 2.28. The molecular weight excluding hydrogens is 263 g/mol. The zero-order valence-corrected chi connectivity index (χ0v) is 10.4.